The molecule has 0 bridgehead atoms. The molecular formula is C24H23Cl2N3O4S. The standard InChI is InChI=1S/C24H23Cl2N3O4S/c1-3-4-8-21(30)28-17-10-9-14(13-20(17)32-2)27-24(34)29-23(31)19-12-11-18(33-19)15-6-5-7-16(25)22(15)26/h5-7,9-13H,3-4,8H2,1-2H3,(H,28,30)(H2,27,29,31,34). The Kier molecular flexibility index (Phi) is 8.92. The molecule has 0 spiro atoms. The predicted octanol–water partition coefficient (Wildman–Crippen LogP) is 6.52. The Labute approximate surface area is 212 Å². The lowest BCUT2D eigenvalue weighted by atomic mass is 10.2. The molecule has 3 rings (SSSR count). The number of hydrogen-bond acceptors (Lipinski definition) is 5. The maximum atomic E-state index is 12.6. The average molecular weight is 520 g/mol. The summed E-state index contributed by atoms with van der Waals surface area (Å²) >= 11 is 17.5. The molecule has 0 aliphatic rings. The van der Waals surface area contributed by atoms with Gasteiger partial charge in [-0.2, -0.15) is 0 Å². The quantitative estimate of drug-likeness (QED) is 0.293. The lowest BCUT2D eigenvalue weighted by Gasteiger charge is -2.13. The number of carbonyl (C=O) groups is 2. The number of ether oxygens (including phenoxy) is 1. The number of thiocarbonyl (C=S) groups is 1. The molecule has 3 aromatic rings. The lowest BCUT2D eigenvalue weighted by Crippen LogP contribution is -2.33. The predicted molar refractivity (Wildman–Crippen MR) is 139 cm³/mol. The summed E-state index contributed by atoms with van der Waals surface area (Å²) in [4.78, 5) is 24.6. The molecule has 7 nitrogen and oxygen atoms in total. The molecule has 0 atom stereocenters. The van der Waals surface area contributed by atoms with Gasteiger partial charge in [0.15, 0.2) is 10.9 Å². The fourth-order valence-corrected chi connectivity index (χ4v) is 3.65. The minimum absolute atomic E-state index is 0.0536. The molecule has 0 aliphatic carbocycles. The second-order valence-electron chi connectivity index (χ2n) is 7.24. The molecule has 1 heterocycles. The van der Waals surface area contributed by atoms with Crippen molar-refractivity contribution in [2.45, 2.75) is 26.2 Å². The van der Waals surface area contributed by atoms with Crippen molar-refractivity contribution < 1.29 is 18.7 Å². The van der Waals surface area contributed by atoms with E-state index < -0.39 is 5.91 Å². The fraction of sp³-hybridized carbons (Fsp3) is 0.208. The van der Waals surface area contributed by atoms with Crippen LogP contribution in [0.1, 0.15) is 36.7 Å². The van der Waals surface area contributed by atoms with E-state index in [-0.39, 0.29) is 16.8 Å². The van der Waals surface area contributed by atoms with Gasteiger partial charge in [0.2, 0.25) is 5.91 Å². The number of methoxy groups -OCH3 is 1. The first-order chi connectivity index (χ1) is 16.3. The highest BCUT2D eigenvalue weighted by atomic mass is 35.5. The van der Waals surface area contributed by atoms with Crippen molar-refractivity contribution in [2.75, 3.05) is 17.7 Å². The summed E-state index contributed by atoms with van der Waals surface area (Å²) in [6.07, 6.45) is 2.18. The summed E-state index contributed by atoms with van der Waals surface area (Å²) in [7, 11) is 1.50. The highest BCUT2D eigenvalue weighted by Crippen LogP contribution is 2.34. The maximum absolute atomic E-state index is 12.6. The Morgan fingerprint density at radius 1 is 1.09 bits per heavy atom. The Morgan fingerprint density at radius 3 is 2.62 bits per heavy atom. The Balaban J connectivity index is 1.63. The number of rotatable bonds is 8. The van der Waals surface area contributed by atoms with Crippen molar-refractivity contribution in [3.63, 3.8) is 0 Å². The second kappa shape index (κ2) is 11.9. The topological polar surface area (TPSA) is 92.6 Å². The van der Waals surface area contributed by atoms with Crippen LogP contribution in [-0.2, 0) is 4.79 Å². The van der Waals surface area contributed by atoms with Gasteiger partial charge >= 0.3 is 0 Å². The average Bonchev–Trinajstić information content (AvgIpc) is 3.30. The summed E-state index contributed by atoms with van der Waals surface area (Å²) in [6, 6.07) is 13.4. The van der Waals surface area contributed by atoms with Gasteiger partial charge in [-0.1, -0.05) is 42.6 Å². The van der Waals surface area contributed by atoms with Gasteiger partial charge in [-0.05, 0) is 55.0 Å². The van der Waals surface area contributed by atoms with Gasteiger partial charge in [0.1, 0.15) is 11.5 Å². The van der Waals surface area contributed by atoms with Crippen LogP contribution in [0.25, 0.3) is 11.3 Å². The molecule has 0 saturated carbocycles. The molecule has 0 saturated heterocycles. The SMILES string of the molecule is CCCCC(=O)Nc1ccc(NC(=S)NC(=O)c2ccc(-c3cccc(Cl)c3Cl)o2)cc1OC. The maximum Gasteiger partial charge on any atom is 0.293 e. The molecule has 0 aliphatic heterocycles. The molecule has 1 aromatic heterocycles. The van der Waals surface area contributed by atoms with E-state index >= 15 is 0 Å². The van der Waals surface area contributed by atoms with E-state index in [0.29, 0.717) is 44.9 Å². The number of carbonyl (C=O) groups excluding carboxylic acids is 2. The molecule has 0 radical (unpaired) electrons. The minimum atomic E-state index is -0.534. The van der Waals surface area contributed by atoms with Crippen LogP contribution < -0.4 is 20.7 Å². The van der Waals surface area contributed by atoms with E-state index in [9.17, 15) is 9.59 Å². The van der Waals surface area contributed by atoms with Crippen LogP contribution in [0.5, 0.6) is 5.75 Å². The van der Waals surface area contributed by atoms with Gasteiger partial charge in [0.05, 0.1) is 22.8 Å². The number of amides is 2. The van der Waals surface area contributed by atoms with Gasteiger partial charge in [-0.15, -0.1) is 0 Å². The van der Waals surface area contributed by atoms with Crippen LogP contribution in [0, 0.1) is 0 Å². The van der Waals surface area contributed by atoms with E-state index in [1.54, 1.807) is 42.5 Å². The zero-order valence-corrected chi connectivity index (χ0v) is 20.9. The second-order valence-corrected chi connectivity index (χ2v) is 8.43. The van der Waals surface area contributed by atoms with Gasteiger partial charge < -0.3 is 19.8 Å². The number of anilines is 2. The van der Waals surface area contributed by atoms with E-state index in [1.807, 2.05) is 6.92 Å². The third-order valence-electron chi connectivity index (χ3n) is 4.76. The molecule has 34 heavy (non-hydrogen) atoms. The van der Waals surface area contributed by atoms with Gasteiger partial charge in [0.25, 0.3) is 5.91 Å². The smallest absolute Gasteiger partial charge is 0.293 e. The molecular weight excluding hydrogens is 497 g/mol. The summed E-state index contributed by atoms with van der Waals surface area (Å²) < 4.78 is 11.0. The monoisotopic (exact) mass is 519 g/mol. The fourth-order valence-electron chi connectivity index (χ4n) is 3.05. The highest BCUT2D eigenvalue weighted by Gasteiger charge is 2.16. The molecule has 2 amide bonds. The zero-order chi connectivity index (χ0) is 24.7. The van der Waals surface area contributed by atoms with E-state index in [0.717, 1.165) is 12.8 Å². The van der Waals surface area contributed by atoms with Crippen LogP contribution in [0.4, 0.5) is 11.4 Å². The number of furan rings is 1. The zero-order valence-electron chi connectivity index (χ0n) is 18.5. The van der Waals surface area contributed by atoms with Crippen LogP contribution >= 0.6 is 35.4 Å². The molecule has 3 N–H and O–H groups in total. The minimum Gasteiger partial charge on any atom is -0.494 e. The Bertz CT molecular complexity index is 1210. The molecule has 178 valence electrons. The van der Waals surface area contributed by atoms with Crippen molar-refractivity contribution in [3.8, 4) is 17.1 Å². The van der Waals surface area contributed by atoms with Crippen LogP contribution in [0.2, 0.25) is 10.0 Å². The number of unbranched alkanes of at least 4 members (excludes halogenated alkanes) is 1. The van der Waals surface area contributed by atoms with Gasteiger partial charge in [0, 0.05) is 23.7 Å². The van der Waals surface area contributed by atoms with Crippen molar-refractivity contribution in [1.82, 2.24) is 5.32 Å². The number of nitrogens with one attached hydrogen (secondary N) is 3. The third-order valence-corrected chi connectivity index (χ3v) is 5.79. The summed E-state index contributed by atoms with van der Waals surface area (Å²) in [5, 5.41) is 9.08. The van der Waals surface area contributed by atoms with E-state index in [1.165, 1.54) is 13.2 Å². The van der Waals surface area contributed by atoms with Crippen molar-refractivity contribution in [3.05, 3.63) is 64.3 Å². The number of benzene rings is 2. The summed E-state index contributed by atoms with van der Waals surface area (Å²) in [5.74, 6) is 0.294. The first-order valence-corrected chi connectivity index (χ1v) is 11.6. The van der Waals surface area contributed by atoms with Crippen LogP contribution in [0.15, 0.2) is 52.9 Å². The first-order valence-electron chi connectivity index (χ1n) is 10.5. The van der Waals surface area contributed by atoms with Crippen LogP contribution in [-0.4, -0.2) is 24.0 Å². The largest absolute Gasteiger partial charge is 0.494 e. The Morgan fingerprint density at radius 2 is 1.88 bits per heavy atom. The van der Waals surface area contributed by atoms with Crippen molar-refractivity contribution >= 4 is 63.7 Å². The third kappa shape index (κ3) is 6.50. The number of halogens is 2. The molecule has 0 fully saturated rings. The van der Waals surface area contributed by atoms with Gasteiger partial charge in [-0.25, -0.2) is 0 Å². The van der Waals surface area contributed by atoms with E-state index in [4.69, 9.17) is 44.6 Å². The Hall–Kier alpha value is -3.07. The van der Waals surface area contributed by atoms with Gasteiger partial charge in [-0.3, -0.25) is 14.9 Å². The normalized spacial score (nSPS) is 10.5. The summed E-state index contributed by atoms with van der Waals surface area (Å²) in [5.41, 5.74) is 1.69. The summed E-state index contributed by atoms with van der Waals surface area (Å²) in [6.45, 7) is 2.02. The van der Waals surface area contributed by atoms with Crippen molar-refractivity contribution in [2.24, 2.45) is 0 Å². The van der Waals surface area contributed by atoms with Crippen molar-refractivity contribution in [1.29, 1.82) is 0 Å². The van der Waals surface area contributed by atoms with Crippen LogP contribution in [0.3, 0.4) is 0 Å². The number of hydrogen-bond donors (Lipinski definition) is 3. The first kappa shape index (κ1) is 25.6. The molecule has 10 heteroatoms. The lowest BCUT2D eigenvalue weighted by molar-refractivity contribution is -0.116. The molecule has 2 aromatic carbocycles. The highest BCUT2D eigenvalue weighted by molar-refractivity contribution is 7.80. The molecule has 0 unspecified atom stereocenters. The van der Waals surface area contributed by atoms with E-state index in [2.05, 4.69) is 16.0 Å².